The predicted molar refractivity (Wildman–Crippen MR) is 306 cm³/mol. The van der Waals surface area contributed by atoms with E-state index in [1.807, 2.05) is 0 Å². The summed E-state index contributed by atoms with van der Waals surface area (Å²) in [6, 6.07) is 0. The summed E-state index contributed by atoms with van der Waals surface area (Å²) in [5, 5.41) is 0. The molecule has 71 heavy (non-hydrogen) atoms. The molecule has 0 amide bonds. The van der Waals surface area contributed by atoms with Crippen molar-refractivity contribution in [1.82, 2.24) is 0 Å². The van der Waals surface area contributed by atoms with Crippen molar-refractivity contribution in [3.05, 3.63) is 134 Å². The molecule has 6 heteroatoms. The Morgan fingerprint density at radius 2 is 0.549 bits per heavy atom. The predicted octanol–water partition coefficient (Wildman–Crippen LogP) is 19.4. The van der Waals surface area contributed by atoms with Gasteiger partial charge in [-0.3, -0.25) is 14.4 Å². The van der Waals surface area contributed by atoms with Crippen LogP contribution in [-0.4, -0.2) is 37.2 Å². The molecule has 0 aromatic rings. The molecule has 6 nitrogen and oxygen atoms in total. The molecular weight excluding hydrogens is 877 g/mol. The van der Waals surface area contributed by atoms with Gasteiger partial charge in [0.1, 0.15) is 13.2 Å². The van der Waals surface area contributed by atoms with Crippen LogP contribution in [0, 0.1) is 0 Å². The van der Waals surface area contributed by atoms with E-state index in [0.29, 0.717) is 19.3 Å². The van der Waals surface area contributed by atoms with Gasteiger partial charge in [0.15, 0.2) is 6.10 Å². The molecule has 0 heterocycles. The molecule has 0 aromatic heterocycles. The quantitative estimate of drug-likeness (QED) is 0.0262. The number of esters is 3. The molecule has 0 aliphatic rings. The molecule has 0 fully saturated rings. The smallest absolute Gasteiger partial charge is 0.306 e. The van der Waals surface area contributed by atoms with Crippen molar-refractivity contribution in [2.45, 2.75) is 245 Å². The summed E-state index contributed by atoms with van der Waals surface area (Å²) in [5.41, 5.74) is 0. The van der Waals surface area contributed by atoms with E-state index in [1.165, 1.54) is 38.5 Å². The van der Waals surface area contributed by atoms with Gasteiger partial charge in [0.2, 0.25) is 0 Å². The van der Waals surface area contributed by atoms with Crippen molar-refractivity contribution in [2.24, 2.45) is 0 Å². The number of carbonyl (C=O) groups excluding carboxylic acids is 3. The number of ether oxygens (including phenoxy) is 3. The SMILES string of the molecule is CC/C=C\C/C=C\C/C=C\C/C=C\C/C=C\C/C=C\CCCCCCCCC(=O)OCC(COC(=O)CCCCCCCCC)OC(=O)CCCCCCC/C=C\C/C=C\C/C=C\C/C=C\C/C=C\CC. The second-order valence-corrected chi connectivity index (χ2v) is 18.4. The summed E-state index contributed by atoms with van der Waals surface area (Å²) < 4.78 is 16.8. The van der Waals surface area contributed by atoms with Crippen LogP contribution in [0.25, 0.3) is 0 Å². The third-order valence-electron chi connectivity index (χ3n) is 11.7. The summed E-state index contributed by atoms with van der Waals surface area (Å²) in [6.07, 6.45) is 81.7. The summed E-state index contributed by atoms with van der Waals surface area (Å²) in [4.78, 5) is 38.0. The van der Waals surface area contributed by atoms with E-state index in [2.05, 4.69) is 154 Å². The zero-order valence-electron chi connectivity index (χ0n) is 45.7. The maximum atomic E-state index is 12.8. The van der Waals surface area contributed by atoms with Crippen LogP contribution in [0.4, 0.5) is 0 Å². The monoisotopic (exact) mass is 981 g/mol. The van der Waals surface area contributed by atoms with Crippen LogP contribution in [-0.2, 0) is 28.6 Å². The first-order chi connectivity index (χ1) is 35.0. The van der Waals surface area contributed by atoms with Crippen LogP contribution in [0.1, 0.15) is 239 Å². The Labute approximate surface area is 436 Å². The highest BCUT2D eigenvalue weighted by Crippen LogP contribution is 2.13. The molecule has 0 saturated carbocycles. The zero-order valence-corrected chi connectivity index (χ0v) is 45.7. The summed E-state index contributed by atoms with van der Waals surface area (Å²) in [5.74, 6) is -0.940. The van der Waals surface area contributed by atoms with Crippen LogP contribution in [0.2, 0.25) is 0 Å². The van der Waals surface area contributed by atoms with Gasteiger partial charge in [0.25, 0.3) is 0 Å². The highest BCUT2D eigenvalue weighted by atomic mass is 16.6. The van der Waals surface area contributed by atoms with Crippen LogP contribution in [0.15, 0.2) is 134 Å². The number of hydrogen-bond acceptors (Lipinski definition) is 6. The molecule has 0 aliphatic heterocycles. The Kier molecular flexibility index (Phi) is 54.5. The van der Waals surface area contributed by atoms with Crippen LogP contribution < -0.4 is 0 Å². The first kappa shape index (κ1) is 66.6. The lowest BCUT2D eigenvalue weighted by atomic mass is 10.1. The number of allylic oxidation sites excluding steroid dienone is 22. The highest BCUT2D eigenvalue weighted by Gasteiger charge is 2.19. The van der Waals surface area contributed by atoms with Crippen molar-refractivity contribution in [3.63, 3.8) is 0 Å². The average molecular weight is 982 g/mol. The summed E-state index contributed by atoms with van der Waals surface area (Å²) in [6.45, 7) is 6.33. The van der Waals surface area contributed by atoms with E-state index in [-0.39, 0.29) is 31.1 Å². The molecule has 0 N–H and O–H groups in total. The second-order valence-electron chi connectivity index (χ2n) is 18.4. The topological polar surface area (TPSA) is 78.9 Å². The molecule has 0 saturated heterocycles. The minimum Gasteiger partial charge on any atom is -0.462 e. The molecule has 0 aliphatic carbocycles. The lowest BCUT2D eigenvalue weighted by Crippen LogP contribution is -2.30. The fourth-order valence-electron chi connectivity index (χ4n) is 7.41. The van der Waals surface area contributed by atoms with Gasteiger partial charge in [-0.15, -0.1) is 0 Å². The van der Waals surface area contributed by atoms with Crippen LogP contribution in [0.3, 0.4) is 0 Å². The van der Waals surface area contributed by atoms with Gasteiger partial charge in [0.05, 0.1) is 0 Å². The average Bonchev–Trinajstić information content (AvgIpc) is 3.37. The van der Waals surface area contributed by atoms with Gasteiger partial charge in [-0.05, 0) is 116 Å². The van der Waals surface area contributed by atoms with E-state index in [0.717, 1.165) is 161 Å². The van der Waals surface area contributed by atoms with Gasteiger partial charge >= 0.3 is 17.9 Å². The Morgan fingerprint density at radius 3 is 0.859 bits per heavy atom. The lowest BCUT2D eigenvalue weighted by molar-refractivity contribution is -0.167. The van der Waals surface area contributed by atoms with Gasteiger partial charge < -0.3 is 14.2 Å². The molecule has 0 spiro atoms. The van der Waals surface area contributed by atoms with Crippen molar-refractivity contribution in [2.75, 3.05) is 13.2 Å². The molecule has 1 unspecified atom stereocenters. The Balaban J connectivity index is 4.30. The fraction of sp³-hybridized carbons (Fsp3) is 0.615. The van der Waals surface area contributed by atoms with Gasteiger partial charge in [-0.2, -0.15) is 0 Å². The summed E-state index contributed by atoms with van der Waals surface area (Å²) >= 11 is 0. The Hall–Kier alpha value is -4.45. The van der Waals surface area contributed by atoms with Gasteiger partial charge in [-0.1, -0.05) is 238 Å². The molecule has 0 rings (SSSR count). The second kappa shape index (κ2) is 58.1. The Bertz CT molecular complexity index is 1550. The standard InChI is InChI=1S/C65H104O6/c1-4-7-10-13-16-18-20-22-24-26-28-30-31-32-33-35-36-38-40-42-44-46-49-52-55-58-64(67)70-61-62(60-69-63(66)57-54-51-48-15-12-9-6-3)71-65(68)59-56-53-50-47-45-43-41-39-37-34-29-27-25-23-21-19-17-14-11-8-5-2/h7-8,10-11,16-19,22-25,28-30,32-34,36,38-39,41,62H,4-6,9,12-15,20-21,26-27,31,35,37,40,42-61H2,1-3H3/b10-7-,11-8-,18-16-,19-17-,24-22-,25-23-,30-28-,33-32-,34-29-,38-36-,41-39-. The van der Waals surface area contributed by atoms with E-state index in [9.17, 15) is 14.4 Å². The summed E-state index contributed by atoms with van der Waals surface area (Å²) in [7, 11) is 0. The first-order valence-corrected chi connectivity index (χ1v) is 28.7. The number of rotatable bonds is 50. The van der Waals surface area contributed by atoms with Crippen molar-refractivity contribution in [3.8, 4) is 0 Å². The maximum Gasteiger partial charge on any atom is 0.306 e. The van der Waals surface area contributed by atoms with E-state index in [1.54, 1.807) is 0 Å². The van der Waals surface area contributed by atoms with Crippen molar-refractivity contribution >= 4 is 17.9 Å². The van der Waals surface area contributed by atoms with Crippen LogP contribution >= 0.6 is 0 Å². The molecule has 1 atom stereocenters. The van der Waals surface area contributed by atoms with Crippen LogP contribution in [0.5, 0.6) is 0 Å². The van der Waals surface area contributed by atoms with Crippen molar-refractivity contribution < 1.29 is 28.6 Å². The fourth-order valence-corrected chi connectivity index (χ4v) is 7.41. The number of hydrogen-bond donors (Lipinski definition) is 0. The molecule has 0 radical (unpaired) electrons. The van der Waals surface area contributed by atoms with Gasteiger partial charge in [-0.25, -0.2) is 0 Å². The highest BCUT2D eigenvalue weighted by molar-refractivity contribution is 5.71. The van der Waals surface area contributed by atoms with E-state index in [4.69, 9.17) is 14.2 Å². The minimum atomic E-state index is -0.797. The lowest BCUT2D eigenvalue weighted by Gasteiger charge is -2.18. The van der Waals surface area contributed by atoms with Gasteiger partial charge in [0, 0.05) is 19.3 Å². The minimum absolute atomic E-state index is 0.0945. The largest absolute Gasteiger partial charge is 0.462 e. The third-order valence-corrected chi connectivity index (χ3v) is 11.7. The third kappa shape index (κ3) is 56.3. The number of unbranched alkanes of at least 4 members (excludes halogenated alkanes) is 17. The molecule has 400 valence electrons. The maximum absolute atomic E-state index is 12.8. The Morgan fingerprint density at radius 1 is 0.296 bits per heavy atom. The molecular formula is C65H104O6. The van der Waals surface area contributed by atoms with E-state index >= 15 is 0 Å². The first-order valence-electron chi connectivity index (χ1n) is 28.7. The van der Waals surface area contributed by atoms with Crippen molar-refractivity contribution in [1.29, 1.82) is 0 Å². The van der Waals surface area contributed by atoms with E-state index < -0.39 is 6.10 Å². The molecule has 0 aromatic carbocycles. The zero-order chi connectivity index (χ0) is 51.4. The normalized spacial score (nSPS) is 13.1. The molecule has 0 bridgehead atoms. The number of carbonyl (C=O) groups is 3.